The topological polar surface area (TPSA) is 84.0 Å². The molecule has 1 aromatic heterocycles. The number of carbonyl (C=O) groups is 2. The van der Waals surface area contributed by atoms with Gasteiger partial charge in [-0.1, -0.05) is 18.9 Å². The zero-order valence-electron chi connectivity index (χ0n) is 16.8. The summed E-state index contributed by atoms with van der Waals surface area (Å²) in [7, 11) is 0. The lowest BCUT2D eigenvalue weighted by Gasteiger charge is -2.50. The van der Waals surface area contributed by atoms with Crippen LogP contribution in [0.2, 0.25) is 0 Å². The Bertz CT molecular complexity index is 712. The molecule has 0 radical (unpaired) electrons. The molecule has 0 aromatic carbocycles. The lowest BCUT2D eigenvalue weighted by atomic mass is 9.78. The molecule has 4 rings (SSSR count). The van der Waals surface area contributed by atoms with Gasteiger partial charge < -0.3 is 24.6 Å². The fourth-order valence-corrected chi connectivity index (χ4v) is 4.64. The van der Waals surface area contributed by atoms with E-state index in [0.29, 0.717) is 45.8 Å². The summed E-state index contributed by atoms with van der Waals surface area (Å²) in [5.41, 5.74) is 0.815. The second-order valence-corrected chi connectivity index (χ2v) is 8.12. The van der Waals surface area contributed by atoms with Crippen molar-refractivity contribution in [2.24, 2.45) is 0 Å². The van der Waals surface area contributed by atoms with Gasteiger partial charge in [-0.25, -0.2) is 4.79 Å². The van der Waals surface area contributed by atoms with Crippen LogP contribution >= 0.6 is 0 Å². The average Bonchev–Trinajstić information content (AvgIpc) is 3.17. The standard InChI is InChI=1S/C21H30N4O4/c26-19(6-9-24-10-12-28-20(24)27)25-11-13-29-21(16-25)7-2-1-5-18(21)23-15-17-4-3-8-22-14-17/h3-4,8,14,18,23H,1-2,5-7,9-13,15-16H2/t18-,21+/m1/s1. The number of hydrogen-bond acceptors (Lipinski definition) is 6. The first kappa shape index (κ1) is 20.1. The van der Waals surface area contributed by atoms with Gasteiger partial charge in [-0.05, 0) is 24.5 Å². The first-order chi connectivity index (χ1) is 14.2. The van der Waals surface area contributed by atoms with Crippen LogP contribution in [0.5, 0.6) is 0 Å². The minimum absolute atomic E-state index is 0.0870. The number of hydrogen-bond donors (Lipinski definition) is 1. The Morgan fingerprint density at radius 1 is 1.31 bits per heavy atom. The average molecular weight is 402 g/mol. The molecule has 158 valence electrons. The summed E-state index contributed by atoms with van der Waals surface area (Å²) in [5.74, 6) is 0.0870. The fourth-order valence-electron chi connectivity index (χ4n) is 4.64. The Morgan fingerprint density at radius 2 is 2.24 bits per heavy atom. The van der Waals surface area contributed by atoms with Crippen molar-refractivity contribution in [2.75, 3.05) is 39.4 Å². The van der Waals surface area contributed by atoms with E-state index in [-0.39, 0.29) is 23.6 Å². The number of morpholine rings is 1. The van der Waals surface area contributed by atoms with Crippen molar-refractivity contribution < 1.29 is 19.1 Å². The molecular weight excluding hydrogens is 372 g/mol. The predicted octanol–water partition coefficient (Wildman–Crippen LogP) is 1.55. The minimum Gasteiger partial charge on any atom is -0.448 e. The van der Waals surface area contributed by atoms with E-state index in [0.717, 1.165) is 31.4 Å². The van der Waals surface area contributed by atoms with Gasteiger partial charge in [-0.2, -0.15) is 0 Å². The van der Waals surface area contributed by atoms with E-state index in [4.69, 9.17) is 9.47 Å². The fraction of sp³-hybridized carbons (Fsp3) is 0.667. The molecule has 1 spiro atoms. The van der Waals surface area contributed by atoms with E-state index in [2.05, 4.69) is 16.4 Å². The molecule has 8 nitrogen and oxygen atoms in total. The molecule has 2 atom stereocenters. The minimum atomic E-state index is -0.332. The molecule has 2 amide bonds. The molecule has 3 heterocycles. The van der Waals surface area contributed by atoms with Crippen molar-refractivity contribution in [1.82, 2.24) is 20.1 Å². The monoisotopic (exact) mass is 402 g/mol. The molecule has 1 aliphatic carbocycles. The molecule has 8 heteroatoms. The van der Waals surface area contributed by atoms with E-state index in [9.17, 15) is 9.59 Å². The number of pyridine rings is 1. The lowest BCUT2D eigenvalue weighted by Crippen LogP contribution is -2.64. The zero-order valence-corrected chi connectivity index (χ0v) is 16.8. The highest BCUT2D eigenvalue weighted by Crippen LogP contribution is 2.35. The lowest BCUT2D eigenvalue weighted by molar-refractivity contribution is -0.163. The van der Waals surface area contributed by atoms with Gasteiger partial charge >= 0.3 is 6.09 Å². The highest BCUT2D eigenvalue weighted by atomic mass is 16.6. The summed E-state index contributed by atoms with van der Waals surface area (Å²) in [6.07, 6.45) is 7.96. The smallest absolute Gasteiger partial charge is 0.409 e. The highest BCUT2D eigenvalue weighted by molar-refractivity contribution is 5.77. The van der Waals surface area contributed by atoms with Gasteiger partial charge in [0.15, 0.2) is 0 Å². The summed E-state index contributed by atoms with van der Waals surface area (Å²) >= 11 is 0. The number of cyclic esters (lactones) is 1. The number of nitrogens with zero attached hydrogens (tertiary/aromatic N) is 3. The van der Waals surface area contributed by atoms with Gasteiger partial charge in [0.05, 0.1) is 19.7 Å². The van der Waals surface area contributed by atoms with Crippen LogP contribution in [-0.4, -0.2) is 77.8 Å². The number of aromatic nitrogens is 1. The third-order valence-corrected chi connectivity index (χ3v) is 6.26. The normalized spacial score (nSPS) is 27.3. The largest absolute Gasteiger partial charge is 0.448 e. The van der Waals surface area contributed by atoms with Gasteiger partial charge in [0.2, 0.25) is 5.91 Å². The maximum absolute atomic E-state index is 12.8. The van der Waals surface area contributed by atoms with Crippen LogP contribution in [0.3, 0.4) is 0 Å². The van der Waals surface area contributed by atoms with Gasteiger partial charge in [0, 0.05) is 44.5 Å². The molecular formula is C21H30N4O4. The molecule has 2 saturated heterocycles. The van der Waals surface area contributed by atoms with Gasteiger partial charge in [-0.15, -0.1) is 0 Å². The molecule has 0 unspecified atom stereocenters. The van der Waals surface area contributed by atoms with Crippen LogP contribution in [-0.2, 0) is 20.8 Å². The Balaban J connectivity index is 1.36. The maximum atomic E-state index is 12.8. The van der Waals surface area contributed by atoms with E-state index in [1.807, 2.05) is 17.2 Å². The van der Waals surface area contributed by atoms with E-state index >= 15 is 0 Å². The number of ether oxygens (including phenoxy) is 2. The molecule has 3 aliphatic rings. The molecule has 0 bridgehead atoms. The van der Waals surface area contributed by atoms with Crippen molar-refractivity contribution in [3.8, 4) is 0 Å². The molecule has 1 N–H and O–H groups in total. The van der Waals surface area contributed by atoms with Crippen LogP contribution < -0.4 is 5.32 Å². The van der Waals surface area contributed by atoms with E-state index in [1.54, 1.807) is 11.1 Å². The van der Waals surface area contributed by atoms with E-state index < -0.39 is 0 Å². The predicted molar refractivity (Wildman–Crippen MR) is 106 cm³/mol. The quantitative estimate of drug-likeness (QED) is 0.777. The number of rotatable bonds is 6. The SMILES string of the molecule is O=C(CCN1CCOC1=O)N1CCO[C@@]2(CCCC[C@H]2NCc2cccnc2)C1. The molecule has 3 fully saturated rings. The Hall–Kier alpha value is -2.19. The third kappa shape index (κ3) is 4.70. The first-order valence-corrected chi connectivity index (χ1v) is 10.6. The number of carbonyl (C=O) groups excluding carboxylic acids is 2. The summed E-state index contributed by atoms with van der Waals surface area (Å²) in [6.45, 7) is 3.93. The van der Waals surface area contributed by atoms with Crippen molar-refractivity contribution in [3.63, 3.8) is 0 Å². The van der Waals surface area contributed by atoms with Crippen LogP contribution in [0.1, 0.15) is 37.7 Å². The molecule has 2 aliphatic heterocycles. The van der Waals surface area contributed by atoms with Crippen LogP contribution in [0, 0.1) is 0 Å². The second-order valence-electron chi connectivity index (χ2n) is 8.12. The summed E-state index contributed by atoms with van der Waals surface area (Å²) in [4.78, 5) is 32.1. The third-order valence-electron chi connectivity index (χ3n) is 6.26. The Kier molecular flexibility index (Phi) is 6.30. The Morgan fingerprint density at radius 3 is 3.03 bits per heavy atom. The molecule has 1 saturated carbocycles. The van der Waals surface area contributed by atoms with Crippen LogP contribution in [0.4, 0.5) is 4.79 Å². The van der Waals surface area contributed by atoms with Crippen molar-refractivity contribution >= 4 is 12.0 Å². The second kappa shape index (κ2) is 9.09. The van der Waals surface area contributed by atoms with Crippen molar-refractivity contribution in [1.29, 1.82) is 0 Å². The first-order valence-electron chi connectivity index (χ1n) is 10.6. The van der Waals surface area contributed by atoms with Gasteiger partial charge in [0.1, 0.15) is 12.2 Å². The summed E-state index contributed by atoms with van der Waals surface area (Å²) in [5, 5.41) is 3.67. The highest BCUT2D eigenvalue weighted by Gasteiger charge is 2.45. The van der Waals surface area contributed by atoms with Crippen molar-refractivity contribution in [3.05, 3.63) is 30.1 Å². The Labute approximate surface area is 171 Å². The van der Waals surface area contributed by atoms with Gasteiger partial charge in [-0.3, -0.25) is 9.78 Å². The van der Waals surface area contributed by atoms with Crippen molar-refractivity contribution in [2.45, 2.75) is 50.3 Å². The van der Waals surface area contributed by atoms with Gasteiger partial charge in [0.25, 0.3) is 0 Å². The number of amides is 2. The summed E-state index contributed by atoms with van der Waals surface area (Å²) < 4.78 is 11.3. The maximum Gasteiger partial charge on any atom is 0.409 e. The molecule has 1 aromatic rings. The van der Waals surface area contributed by atoms with Crippen LogP contribution in [0.25, 0.3) is 0 Å². The summed E-state index contributed by atoms with van der Waals surface area (Å²) in [6, 6.07) is 4.22. The van der Waals surface area contributed by atoms with Crippen LogP contribution in [0.15, 0.2) is 24.5 Å². The van der Waals surface area contributed by atoms with E-state index in [1.165, 1.54) is 6.42 Å². The number of nitrogens with one attached hydrogen (secondary N) is 1. The molecule has 29 heavy (non-hydrogen) atoms. The zero-order chi connectivity index (χ0) is 20.1.